The van der Waals surface area contributed by atoms with Crippen molar-refractivity contribution in [2.24, 2.45) is 0 Å². The zero-order valence-corrected chi connectivity index (χ0v) is 15.1. The van der Waals surface area contributed by atoms with Crippen molar-refractivity contribution in [3.05, 3.63) is 36.9 Å². The van der Waals surface area contributed by atoms with E-state index in [4.69, 9.17) is 9.47 Å². The van der Waals surface area contributed by atoms with E-state index in [1.165, 1.54) is 0 Å². The highest BCUT2D eigenvalue weighted by Gasteiger charge is 2.20. The minimum Gasteiger partial charge on any atom is -0.465 e. The lowest BCUT2D eigenvalue weighted by atomic mass is 10.2. The van der Waals surface area contributed by atoms with Crippen LogP contribution in [0.15, 0.2) is 36.9 Å². The lowest BCUT2D eigenvalue weighted by Crippen LogP contribution is -2.46. The average Bonchev–Trinajstić information content (AvgIpc) is 2.67. The van der Waals surface area contributed by atoms with Gasteiger partial charge in [-0.15, -0.1) is 6.58 Å². The van der Waals surface area contributed by atoms with Crippen LogP contribution in [0.1, 0.15) is 6.92 Å². The third-order valence-corrected chi connectivity index (χ3v) is 4.23. The lowest BCUT2D eigenvalue weighted by Gasteiger charge is -2.34. The Hall–Kier alpha value is -2.67. The molecule has 0 spiro atoms. The molecule has 0 radical (unpaired) electrons. The molecule has 1 aliphatic heterocycles. The molecule has 1 aliphatic rings. The van der Waals surface area contributed by atoms with Crippen molar-refractivity contribution < 1.29 is 14.3 Å². The smallest absolute Gasteiger partial charge is 0.344 e. The van der Waals surface area contributed by atoms with E-state index in [0.29, 0.717) is 18.4 Å². The van der Waals surface area contributed by atoms with Crippen LogP contribution in [0.4, 0.5) is 5.95 Å². The summed E-state index contributed by atoms with van der Waals surface area (Å²) >= 11 is 0. The van der Waals surface area contributed by atoms with Crippen molar-refractivity contribution in [2.75, 3.05) is 50.8 Å². The molecule has 0 amide bonds. The maximum Gasteiger partial charge on any atom is 0.344 e. The zero-order valence-electron chi connectivity index (χ0n) is 15.1. The number of aromatic nitrogens is 2. The van der Waals surface area contributed by atoms with Crippen LogP contribution in [0.25, 0.3) is 10.9 Å². The second-order valence-corrected chi connectivity index (χ2v) is 6.02. The average molecular weight is 356 g/mol. The molecule has 1 fully saturated rings. The van der Waals surface area contributed by atoms with Crippen LogP contribution >= 0.6 is 0 Å². The quantitative estimate of drug-likeness (QED) is 0.554. The molecule has 0 saturated carbocycles. The number of para-hydroxylation sites is 1. The first-order valence-electron chi connectivity index (χ1n) is 8.84. The topological polar surface area (TPSA) is 67.8 Å². The maximum absolute atomic E-state index is 11.6. The lowest BCUT2D eigenvalue weighted by molar-refractivity contribution is -0.145. The predicted molar refractivity (Wildman–Crippen MR) is 101 cm³/mol. The van der Waals surface area contributed by atoms with Gasteiger partial charge in [0.25, 0.3) is 0 Å². The van der Waals surface area contributed by atoms with Gasteiger partial charge in [0.2, 0.25) is 11.8 Å². The minimum atomic E-state index is -0.408. The molecule has 1 saturated heterocycles. The predicted octanol–water partition coefficient (Wildman–Crippen LogP) is 1.88. The second-order valence-electron chi connectivity index (χ2n) is 6.02. The van der Waals surface area contributed by atoms with Gasteiger partial charge >= 0.3 is 5.97 Å². The van der Waals surface area contributed by atoms with Gasteiger partial charge in [0, 0.05) is 32.7 Å². The molecule has 2 aromatic rings. The number of rotatable bonds is 7. The van der Waals surface area contributed by atoms with Gasteiger partial charge in [-0.25, -0.2) is 9.78 Å². The van der Waals surface area contributed by atoms with E-state index in [-0.39, 0.29) is 6.61 Å². The number of ether oxygens (including phenoxy) is 2. The van der Waals surface area contributed by atoms with Crippen LogP contribution in [-0.2, 0) is 9.53 Å². The number of piperazine rings is 1. The standard InChI is InChI=1S/C19H24N4O3/c1-3-9-22-10-12-23(13-11-22)19-20-16-8-6-5-7-15(16)18(21-19)26-14-17(24)25-4-2/h3,5-8H,1,4,9-14H2,2H3. The van der Waals surface area contributed by atoms with Gasteiger partial charge in [0.15, 0.2) is 6.61 Å². The highest BCUT2D eigenvalue weighted by Crippen LogP contribution is 2.25. The summed E-state index contributed by atoms with van der Waals surface area (Å²) in [7, 11) is 0. The summed E-state index contributed by atoms with van der Waals surface area (Å²) in [6.07, 6.45) is 1.92. The third-order valence-electron chi connectivity index (χ3n) is 4.23. The molecule has 0 N–H and O–H groups in total. The Morgan fingerprint density at radius 2 is 2.00 bits per heavy atom. The molecule has 7 nitrogen and oxygen atoms in total. The summed E-state index contributed by atoms with van der Waals surface area (Å²) < 4.78 is 10.6. The van der Waals surface area contributed by atoms with E-state index in [1.807, 2.05) is 30.3 Å². The molecule has 0 unspecified atom stereocenters. The van der Waals surface area contributed by atoms with Crippen molar-refractivity contribution >= 4 is 22.8 Å². The number of hydrogen-bond acceptors (Lipinski definition) is 7. The monoisotopic (exact) mass is 356 g/mol. The Morgan fingerprint density at radius 3 is 2.73 bits per heavy atom. The molecule has 0 bridgehead atoms. The van der Waals surface area contributed by atoms with Crippen LogP contribution in [-0.4, -0.2) is 66.8 Å². The molecule has 7 heteroatoms. The molecule has 0 aliphatic carbocycles. The molecule has 2 heterocycles. The van der Waals surface area contributed by atoms with Crippen molar-refractivity contribution in [2.45, 2.75) is 6.92 Å². The highest BCUT2D eigenvalue weighted by molar-refractivity contribution is 5.85. The van der Waals surface area contributed by atoms with Crippen LogP contribution in [0.3, 0.4) is 0 Å². The van der Waals surface area contributed by atoms with Crippen molar-refractivity contribution in [1.29, 1.82) is 0 Å². The first-order chi connectivity index (χ1) is 12.7. The molecule has 1 aromatic carbocycles. The van der Waals surface area contributed by atoms with Gasteiger partial charge in [-0.3, -0.25) is 4.90 Å². The zero-order chi connectivity index (χ0) is 18.4. The van der Waals surface area contributed by atoms with Crippen molar-refractivity contribution in [1.82, 2.24) is 14.9 Å². The van der Waals surface area contributed by atoms with Gasteiger partial charge in [-0.2, -0.15) is 4.98 Å². The Kier molecular flexibility index (Phi) is 6.01. The highest BCUT2D eigenvalue weighted by atomic mass is 16.6. The summed E-state index contributed by atoms with van der Waals surface area (Å²) in [5, 5.41) is 0.783. The first-order valence-corrected chi connectivity index (χ1v) is 8.84. The van der Waals surface area contributed by atoms with Gasteiger partial charge in [0.1, 0.15) is 0 Å². The van der Waals surface area contributed by atoms with Crippen molar-refractivity contribution in [3.63, 3.8) is 0 Å². The molecule has 3 rings (SSSR count). The van der Waals surface area contributed by atoms with Crippen LogP contribution in [0, 0.1) is 0 Å². The normalized spacial score (nSPS) is 15.0. The summed E-state index contributed by atoms with van der Waals surface area (Å²) in [4.78, 5) is 25.3. The van der Waals surface area contributed by atoms with E-state index in [1.54, 1.807) is 6.92 Å². The van der Waals surface area contributed by atoms with Crippen LogP contribution in [0.5, 0.6) is 5.88 Å². The van der Waals surface area contributed by atoms with E-state index in [2.05, 4.69) is 26.3 Å². The second kappa shape index (κ2) is 8.62. The van der Waals surface area contributed by atoms with E-state index < -0.39 is 5.97 Å². The van der Waals surface area contributed by atoms with Gasteiger partial charge in [-0.05, 0) is 19.1 Å². The first kappa shape index (κ1) is 18.1. The molecular formula is C19H24N4O3. The number of esters is 1. The molecule has 1 aromatic heterocycles. The number of carbonyl (C=O) groups excluding carboxylic acids is 1. The summed E-state index contributed by atoms with van der Waals surface area (Å²) in [6, 6.07) is 7.64. The van der Waals surface area contributed by atoms with Gasteiger partial charge in [-0.1, -0.05) is 18.2 Å². The minimum absolute atomic E-state index is 0.165. The van der Waals surface area contributed by atoms with E-state index in [9.17, 15) is 4.79 Å². The summed E-state index contributed by atoms with van der Waals surface area (Å²) in [5.74, 6) is 0.628. The Labute approximate surface area is 153 Å². The Balaban J connectivity index is 1.80. The third kappa shape index (κ3) is 4.29. The molecule has 0 atom stereocenters. The van der Waals surface area contributed by atoms with Gasteiger partial charge < -0.3 is 14.4 Å². The maximum atomic E-state index is 11.6. The molecule has 138 valence electrons. The fraction of sp³-hybridized carbons (Fsp3) is 0.421. The fourth-order valence-electron chi connectivity index (χ4n) is 2.93. The van der Waals surface area contributed by atoms with Crippen molar-refractivity contribution in [3.8, 4) is 5.88 Å². The van der Waals surface area contributed by atoms with Crippen LogP contribution in [0.2, 0.25) is 0 Å². The van der Waals surface area contributed by atoms with E-state index >= 15 is 0 Å². The molecule has 26 heavy (non-hydrogen) atoms. The number of nitrogens with zero attached hydrogens (tertiary/aromatic N) is 4. The number of anilines is 1. The number of carbonyl (C=O) groups is 1. The number of benzene rings is 1. The van der Waals surface area contributed by atoms with E-state index in [0.717, 1.165) is 43.6 Å². The van der Waals surface area contributed by atoms with Crippen LogP contribution < -0.4 is 9.64 Å². The number of hydrogen-bond donors (Lipinski definition) is 0. The van der Waals surface area contributed by atoms with Gasteiger partial charge in [0.05, 0.1) is 17.5 Å². The summed E-state index contributed by atoms with van der Waals surface area (Å²) in [5.41, 5.74) is 0.796. The fourth-order valence-corrected chi connectivity index (χ4v) is 2.93. The molecular weight excluding hydrogens is 332 g/mol. The largest absolute Gasteiger partial charge is 0.465 e. The Bertz CT molecular complexity index is 772. The summed E-state index contributed by atoms with van der Waals surface area (Å²) in [6.45, 7) is 10.1. The Morgan fingerprint density at radius 1 is 1.23 bits per heavy atom. The number of fused-ring (bicyclic) bond motifs is 1. The SMILES string of the molecule is C=CCN1CCN(c2nc(OCC(=O)OCC)c3ccccc3n2)CC1.